The summed E-state index contributed by atoms with van der Waals surface area (Å²) >= 11 is 0. The highest BCUT2D eigenvalue weighted by atomic mass is 19.1. The Labute approximate surface area is 206 Å². The quantitative estimate of drug-likeness (QED) is 0.240. The molecule has 1 amide bonds. The number of nitrogens with one attached hydrogen (secondary N) is 1. The van der Waals surface area contributed by atoms with Crippen LogP contribution in [0.5, 0.6) is 0 Å². The van der Waals surface area contributed by atoms with Crippen LogP contribution in [0.15, 0.2) is 120 Å². The van der Waals surface area contributed by atoms with E-state index in [0.717, 1.165) is 11.3 Å². The minimum absolute atomic E-state index is 0.325. The number of amides is 1. The number of carbonyl (C=O) groups is 1. The first-order valence-corrected chi connectivity index (χ1v) is 11.2. The van der Waals surface area contributed by atoms with E-state index in [4.69, 9.17) is 0 Å². The predicted octanol–water partition coefficient (Wildman–Crippen LogP) is 6.00. The summed E-state index contributed by atoms with van der Waals surface area (Å²) in [7, 11) is 0. The van der Waals surface area contributed by atoms with E-state index in [9.17, 15) is 13.6 Å². The van der Waals surface area contributed by atoms with Crippen LogP contribution in [-0.4, -0.2) is 21.4 Å². The van der Waals surface area contributed by atoms with Gasteiger partial charge in [0.2, 0.25) is 0 Å². The maximum atomic E-state index is 13.5. The van der Waals surface area contributed by atoms with Crippen LogP contribution >= 0.6 is 0 Å². The van der Waals surface area contributed by atoms with Crippen molar-refractivity contribution < 1.29 is 13.6 Å². The highest BCUT2D eigenvalue weighted by Gasteiger charge is 2.19. The van der Waals surface area contributed by atoms with Crippen molar-refractivity contribution in [3.8, 4) is 16.9 Å². The average molecular weight is 479 g/mol. The van der Waals surface area contributed by atoms with Crippen molar-refractivity contribution >= 4 is 11.6 Å². The number of para-hydroxylation sites is 1. The smallest absolute Gasteiger partial charge is 0.267 e. The molecule has 1 N–H and O–H groups in total. The average Bonchev–Trinajstić information content (AvgIpc) is 3.37. The Bertz CT molecular complexity index is 1460. The van der Waals surface area contributed by atoms with E-state index in [1.54, 1.807) is 35.1 Å². The molecule has 0 radical (unpaired) electrons. The van der Waals surface area contributed by atoms with Gasteiger partial charge < -0.3 is 0 Å². The molecule has 1 aromatic heterocycles. The Morgan fingerprint density at radius 1 is 0.722 bits per heavy atom. The summed E-state index contributed by atoms with van der Waals surface area (Å²) in [6, 6.07) is 30.2. The summed E-state index contributed by atoms with van der Waals surface area (Å²) in [5.74, 6) is -1.28. The number of hydrogen-bond acceptors (Lipinski definition) is 3. The lowest BCUT2D eigenvalue weighted by Gasteiger charge is -2.08. The second-order valence-electron chi connectivity index (χ2n) is 7.95. The van der Waals surface area contributed by atoms with Crippen molar-refractivity contribution in [2.75, 3.05) is 0 Å². The maximum Gasteiger partial charge on any atom is 0.275 e. The van der Waals surface area contributed by atoms with Gasteiger partial charge in [0.25, 0.3) is 5.91 Å². The molecule has 0 bridgehead atoms. The van der Waals surface area contributed by atoms with Crippen molar-refractivity contribution in [1.29, 1.82) is 0 Å². The van der Waals surface area contributed by atoms with Crippen LogP contribution in [0, 0.1) is 11.6 Å². The molecule has 0 unspecified atom stereocenters. The van der Waals surface area contributed by atoms with Gasteiger partial charge in [0, 0.05) is 22.9 Å². The summed E-state index contributed by atoms with van der Waals surface area (Å²) in [6.45, 7) is 0. The molecule has 0 aliphatic carbocycles. The zero-order valence-corrected chi connectivity index (χ0v) is 19.0. The molecule has 1 heterocycles. The van der Waals surface area contributed by atoms with Crippen molar-refractivity contribution in [1.82, 2.24) is 15.2 Å². The van der Waals surface area contributed by atoms with E-state index in [2.05, 4.69) is 15.6 Å². The minimum Gasteiger partial charge on any atom is -0.267 e. The monoisotopic (exact) mass is 478 g/mol. The van der Waals surface area contributed by atoms with Crippen molar-refractivity contribution in [2.45, 2.75) is 0 Å². The fraction of sp³-hybridized carbons (Fsp3) is 0. The zero-order chi connectivity index (χ0) is 24.9. The lowest BCUT2D eigenvalue weighted by Crippen LogP contribution is -2.21. The zero-order valence-electron chi connectivity index (χ0n) is 19.0. The molecule has 0 fully saturated rings. The molecule has 36 heavy (non-hydrogen) atoms. The topological polar surface area (TPSA) is 59.3 Å². The lowest BCUT2D eigenvalue weighted by atomic mass is 10.0. The normalized spacial score (nSPS) is 10.6. The summed E-state index contributed by atoms with van der Waals surface area (Å²) in [5.41, 5.74) is 6.49. The van der Waals surface area contributed by atoms with Crippen molar-refractivity contribution in [3.05, 3.63) is 144 Å². The first-order chi connectivity index (χ1) is 17.6. The van der Waals surface area contributed by atoms with Crippen LogP contribution in [0.1, 0.15) is 21.5 Å². The van der Waals surface area contributed by atoms with E-state index in [-0.39, 0.29) is 0 Å². The summed E-state index contributed by atoms with van der Waals surface area (Å²) < 4.78 is 28.7. The molecular formula is C29H20F2N4O. The standard InChI is InChI=1S/C29H20F2N4O/c30-23-15-11-21(12-16-23)27(22-13-17-24(31)18-14-22)32-33-29(36)26-19-35(25-9-5-2-6-10-25)34-28(26)20-7-3-1-4-8-20/h1-19H,(H,33,36). The van der Waals surface area contributed by atoms with E-state index in [0.29, 0.717) is 28.1 Å². The van der Waals surface area contributed by atoms with Gasteiger partial charge in [-0.05, 0) is 60.7 Å². The molecule has 4 aromatic carbocycles. The van der Waals surface area contributed by atoms with E-state index >= 15 is 0 Å². The van der Waals surface area contributed by atoms with Gasteiger partial charge in [0.1, 0.15) is 17.3 Å². The number of halogens is 2. The molecule has 5 rings (SSSR count). The number of benzene rings is 4. The van der Waals surface area contributed by atoms with Gasteiger partial charge in [-0.25, -0.2) is 18.9 Å². The van der Waals surface area contributed by atoms with Crippen LogP contribution in [0.2, 0.25) is 0 Å². The minimum atomic E-state index is -0.474. The van der Waals surface area contributed by atoms with E-state index in [1.807, 2.05) is 60.7 Å². The number of carbonyl (C=O) groups excluding carboxylic acids is 1. The number of hydrogen-bond donors (Lipinski definition) is 1. The molecular weight excluding hydrogens is 458 g/mol. The van der Waals surface area contributed by atoms with Gasteiger partial charge in [-0.1, -0.05) is 48.5 Å². The number of aromatic nitrogens is 2. The molecule has 0 saturated carbocycles. The van der Waals surface area contributed by atoms with E-state index < -0.39 is 17.5 Å². The number of hydrazone groups is 1. The summed E-state index contributed by atoms with van der Waals surface area (Å²) in [6.07, 6.45) is 1.65. The molecule has 0 spiro atoms. The van der Waals surface area contributed by atoms with Gasteiger partial charge in [0.15, 0.2) is 0 Å². The third-order valence-electron chi connectivity index (χ3n) is 5.53. The van der Waals surface area contributed by atoms with Crippen LogP contribution in [0.25, 0.3) is 16.9 Å². The predicted molar refractivity (Wildman–Crippen MR) is 135 cm³/mol. The second kappa shape index (κ2) is 10.1. The molecule has 176 valence electrons. The van der Waals surface area contributed by atoms with Gasteiger partial charge in [0.05, 0.1) is 17.0 Å². The third-order valence-corrected chi connectivity index (χ3v) is 5.53. The van der Waals surface area contributed by atoms with Crippen LogP contribution in [-0.2, 0) is 0 Å². The molecule has 0 aliphatic rings. The third kappa shape index (κ3) is 4.95. The Morgan fingerprint density at radius 3 is 1.81 bits per heavy atom. The van der Waals surface area contributed by atoms with Crippen LogP contribution < -0.4 is 5.43 Å². The van der Waals surface area contributed by atoms with E-state index in [1.165, 1.54) is 24.3 Å². The van der Waals surface area contributed by atoms with Gasteiger partial charge in [-0.15, -0.1) is 0 Å². The lowest BCUT2D eigenvalue weighted by molar-refractivity contribution is 0.0955. The highest BCUT2D eigenvalue weighted by molar-refractivity contribution is 6.13. The van der Waals surface area contributed by atoms with Gasteiger partial charge in [-0.2, -0.15) is 10.2 Å². The summed E-state index contributed by atoms with van der Waals surface area (Å²) in [5, 5.41) is 9.01. The Morgan fingerprint density at radius 2 is 1.25 bits per heavy atom. The first-order valence-electron chi connectivity index (χ1n) is 11.2. The Balaban J connectivity index is 1.54. The SMILES string of the molecule is O=C(NN=C(c1ccc(F)cc1)c1ccc(F)cc1)c1cn(-c2ccccc2)nc1-c1ccccc1. The highest BCUT2D eigenvalue weighted by Crippen LogP contribution is 2.24. The van der Waals surface area contributed by atoms with Crippen LogP contribution in [0.4, 0.5) is 8.78 Å². The Kier molecular flexibility index (Phi) is 6.44. The second-order valence-corrected chi connectivity index (χ2v) is 7.95. The largest absolute Gasteiger partial charge is 0.275 e. The Hall–Kier alpha value is -4.91. The molecule has 7 heteroatoms. The maximum absolute atomic E-state index is 13.5. The van der Waals surface area contributed by atoms with Crippen molar-refractivity contribution in [3.63, 3.8) is 0 Å². The molecule has 5 aromatic rings. The molecule has 0 aliphatic heterocycles. The fourth-order valence-corrected chi connectivity index (χ4v) is 3.74. The molecule has 5 nitrogen and oxygen atoms in total. The summed E-state index contributed by atoms with van der Waals surface area (Å²) in [4.78, 5) is 13.4. The van der Waals surface area contributed by atoms with Gasteiger partial charge in [-0.3, -0.25) is 4.79 Å². The molecule has 0 saturated heterocycles. The number of nitrogens with zero attached hydrogens (tertiary/aromatic N) is 3. The van der Waals surface area contributed by atoms with Gasteiger partial charge >= 0.3 is 0 Å². The number of rotatable bonds is 6. The molecule has 0 atom stereocenters. The van der Waals surface area contributed by atoms with Crippen molar-refractivity contribution in [2.24, 2.45) is 5.10 Å². The fourth-order valence-electron chi connectivity index (χ4n) is 3.74. The first kappa shape index (κ1) is 22.9. The van der Waals surface area contributed by atoms with Crippen LogP contribution in [0.3, 0.4) is 0 Å².